The van der Waals surface area contributed by atoms with Gasteiger partial charge in [-0.05, 0) is 43.3 Å². The summed E-state index contributed by atoms with van der Waals surface area (Å²) >= 11 is 12.1. The average Bonchev–Trinajstić information content (AvgIpc) is 2.93. The molecule has 0 radical (unpaired) electrons. The Bertz CT molecular complexity index is 1100. The number of hydrogen-bond donors (Lipinski definition) is 2. The number of imide groups is 1. The summed E-state index contributed by atoms with van der Waals surface area (Å²) in [4.78, 5) is 52.0. The molecule has 0 bridgehead atoms. The first-order chi connectivity index (χ1) is 15.0. The minimum Gasteiger partial charge on any atom is -0.335 e. The molecular weight excluding hydrogens is 462 g/mol. The van der Waals surface area contributed by atoms with Crippen molar-refractivity contribution in [3.8, 4) is 0 Å². The number of anilines is 1. The average molecular weight is 481 g/mol. The number of carbonyl (C=O) groups excluding carboxylic acids is 4. The fourth-order valence-electron chi connectivity index (χ4n) is 3.21. The second-order valence-electron chi connectivity index (χ2n) is 7.38. The van der Waals surface area contributed by atoms with Crippen LogP contribution < -0.4 is 10.6 Å². The van der Waals surface area contributed by atoms with Gasteiger partial charge in [-0.2, -0.15) is 0 Å². The van der Waals surface area contributed by atoms with Crippen LogP contribution >= 0.6 is 23.2 Å². The molecule has 1 fully saturated rings. The molecule has 1 atom stereocenters. The molecule has 1 heterocycles. The number of benzene rings is 2. The van der Waals surface area contributed by atoms with Gasteiger partial charge in [-0.15, -0.1) is 0 Å². The van der Waals surface area contributed by atoms with Crippen molar-refractivity contribution in [2.45, 2.75) is 12.5 Å². The highest BCUT2D eigenvalue weighted by molar-refractivity contribution is 6.35. The van der Waals surface area contributed by atoms with Crippen molar-refractivity contribution in [1.82, 2.24) is 15.1 Å². The van der Waals surface area contributed by atoms with Gasteiger partial charge < -0.3 is 15.5 Å². The van der Waals surface area contributed by atoms with Crippen molar-refractivity contribution in [3.05, 3.63) is 63.9 Å². The summed E-state index contributed by atoms with van der Waals surface area (Å²) in [6.45, 7) is 0.582. The fourth-order valence-corrected chi connectivity index (χ4v) is 3.81. The maximum atomic E-state index is 13.0. The fraction of sp³-hybridized carbons (Fsp3) is 0.238. The Morgan fingerprint density at radius 2 is 1.81 bits per heavy atom. The lowest BCUT2D eigenvalue weighted by atomic mass is 9.92. The number of likely N-dealkylation sites (N-methyl/N-ethyl adjacent to an activating group) is 1. The number of nitrogens with zero attached hydrogens (tertiary/aromatic N) is 2. The first-order valence-electron chi connectivity index (χ1n) is 9.40. The second kappa shape index (κ2) is 9.13. The van der Waals surface area contributed by atoms with Gasteiger partial charge in [0.15, 0.2) is 0 Å². The molecule has 0 aromatic heterocycles. The Hall–Kier alpha value is -3.17. The summed E-state index contributed by atoms with van der Waals surface area (Å²) in [6.07, 6.45) is 0. The number of nitrogens with one attached hydrogen (secondary N) is 2. The van der Waals surface area contributed by atoms with Crippen molar-refractivity contribution in [2.24, 2.45) is 0 Å². The van der Waals surface area contributed by atoms with Gasteiger partial charge in [0.2, 0.25) is 11.8 Å². The van der Waals surface area contributed by atoms with Crippen LogP contribution in [0.1, 0.15) is 12.5 Å². The molecule has 0 saturated carbocycles. The molecule has 1 unspecified atom stereocenters. The molecule has 2 aromatic rings. The lowest BCUT2D eigenvalue weighted by Gasteiger charge is -2.24. The van der Waals surface area contributed by atoms with E-state index in [2.05, 4.69) is 10.6 Å². The van der Waals surface area contributed by atoms with Crippen LogP contribution in [0.15, 0.2) is 42.5 Å². The highest BCUT2D eigenvalue weighted by Gasteiger charge is 2.50. The third kappa shape index (κ3) is 4.84. The van der Waals surface area contributed by atoms with Gasteiger partial charge in [-0.3, -0.25) is 19.3 Å². The van der Waals surface area contributed by atoms with Gasteiger partial charge in [-0.25, -0.2) is 9.18 Å². The zero-order valence-corrected chi connectivity index (χ0v) is 18.6. The van der Waals surface area contributed by atoms with Crippen LogP contribution in [0.4, 0.5) is 14.9 Å². The molecule has 1 aliphatic heterocycles. The summed E-state index contributed by atoms with van der Waals surface area (Å²) in [5, 5.41) is 5.64. The standard InChI is InChI=1S/C21H19Cl2FN4O4/c1-21(15-8-3-12(22)9-16(15)23)19(31)28(20(32)26-21)11-18(30)27(2)10-17(29)25-14-6-4-13(24)5-7-14/h3-9H,10-11H2,1-2H3,(H,25,29)(H,26,32). The summed E-state index contributed by atoms with van der Waals surface area (Å²) in [6, 6.07) is 8.88. The van der Waals surface area contributed by atoms with Crippen LogP contribution in [0.25, 0.3) is 0 Å². The van der Waals surface area contributed by atoms with E-state index >= 15 is 0 Å². The molecule has 168 valence electrons. The molecule has 11 heteroatoms. The van der Waals surface area contributed by atoms with Crippen molar-refractivity contribution in [2.75, 3.05) is 25.5 Å². The molecule has 0 spiro atoms. The Morgan fingerprint density at radius 3 is 2.44 bits per heavy atom. The van der Waals surface area contributed by atoms with E-state index in [1.54, 1.807) is 0 Å². The first-order valence-corrected chi connectivity index (χ1v) is 10.2. The topological polar surface area (TPSA) is 98.8 Å². The minimum absolute atomic E-state index is 0.191. The van der Waals surface area contributed by atoms with Gasteiger partial charge in [0.1, 0.15) is 17.9 Å². The summed E-state index contributed by atoms with van der Waals surface area (Å²) < 4.78 is 13.0. The van der Waals surface area contributed by atoms with Crippen LogP contribution in [0.3, 0.4) is 0 Å². The quantitative estimate of drug-likeness (QED) is 0.620. The zero-order chi connectivity index (χ0) is 23.6. The largest absolute Gasteiger partial charge is 0.335 e. The number of hydrogen-bond acceptors (Lipinski definition) is 4. The van der Waals surface area contributed by atoms with E-state index in [0.29, 0.717) is 16.3 Å². The van der Waals surface area contributed by atoms with E-state index in [4.69, 9.17) is 23.2 Å². The van der Waals surface area contributed by atoms with E-state index in [1.165, 1.54) is 56.4 Å². The van der Waals surface area contributed by atoms with Crippen LogP contribution in [-0.2, 0) is 19.9 Å². The highest BCUT2D eigenvalue weighted by atomic mass is 35.5. The predicted molar refractivity (Wildman–Crippen MR) is 117 cm³/mol. The second-order valence-corrected chi connectivity index (χ2v) is 8.22. The molecular formula is C21H19Cl2FN4O4. The molecule has 1 saturated heterocycles. The Labute approximate surface area is 193 Å². The number of amides is 5. The van der Waals surface area contributed by atoms with Gasteiger partial charge in [0.25, 0.3) is 5.91 Å². The summed E-state index contributed by atoms with van der Waals surface area (Å²) in [5.74, 6) is -2.27. The maximum absolute atomic E-state index is 13.0. The van der Waals surface area contributed by atoms with E-state index in [0.717, 1.165) is 9.80 Å². The van der Waals surface area contributed by atoms with Crippen LogP contribution in [0.5, 0.6) is 0 Å². The van der Waals surface area contributed by atoms with Gasteiger partial charge in [-0.1, -0.05) is 29.3 Å². The Morgan fingerprint density at radius 1 is 1.16 bits per heavy atom. The predicted octanol–water partition coefficient (Wildman–Crippen LogP) is 3.00. The first kappa shape index (κ1) is 23.5. The third-order valence-corrected chi connectivity index (χ3v) is 5.52. The third-order valence-electron chi connectivity index (χ3n) is 4.97. The maximum Gasteiger partial charge on any atom is 0.325 e. The van der Waals surface area contributed by atoms with Crippen LogP contribution in [-0.4, -0.2) is 53.7 Å². The molecule has 2 N–H and O–H groups in total. The number of carbonyl (C=O) groups is 4. The lowest BCUT2D eigenvalue weighted by Crippen LogP contribution is -2.45. The molecule has 1 aliphatic rings. The normalized spacial score (nSPS) is 17.8. The molecule has 5 amide bonds. The van der Waals surface area contributed by atoms with E-state index in [-0.39, 0.29) is 11.6 Å². The Balaban J connectivity index is 1.65. The number of rotatable bonds is 6. The SMILES string of the molecule is CN(CC(=O)Nc1ccc(F)cc1)C(=O)CN1C(=O)NC(C)(c2ccc(Cl)cc2Cl)C1=O. The van der Waals surface area contributed by atoms with E-state index < -0.39 is 41.7 Å². The van der Waals surface area contributed by atoms with Crippen LogP contribution in [0.2, 0.25) is 10.0 Å². The Kier molecular flexibility index (Phi) is 6.71. The monoisotopic (exact) mass is 480 g/mol. The lowest BCUT2D eigenvalue weighted by molar-refractivity contribution is -0.139. The van der Waals surface area contributed by atoms with Gasteiger partial charge in [0.05, 0.1) is 6.54 Å². The molecule has 8 nitrogen and oxygen atoms in total. The van der Waals surface area contributed by atoms with Gasteiger partial charge >= 0.3 is 6.03 Å². The molecule has 0 aliphatic carbocycles. The van der Waals surface area contributed by atoms with Crippen molar-refractivity contribution >= 4 is 52.6 Å². The summed E-state index contributed by atoms with van der Waals surface area (Å²) in [5.41, 5.74) is -0.775. The van der Waals surface area contributed by atoms with Crippen molar-refractivity contribution in [1.29, 1.82) is 0 Å². The molecule has 32 heavy (non-hydrogen) atoms. The molecule has 3 rings (SSSR count). The summed E-state index contributed by atoms with van der Waals surface area (Å²) in [7, 11) is 1.36. The highest BCUT2D eigenvalue weighted by Crippen LogP contribution is 2.34. The number of halogens is 3. The van der Waals surface area contributed by atoms with Crippen LogP contribution in [0, 0.1) is 5.82 Å². The van der Waals surface area contributed by atoms with E-state index in [1.807, 2.05) is 0 Å². The van der Waals surface area contributed by atoms with Gasteiger partial charge in [0, 0.05) is 28.3 Å². The smallest absolute Gasteiger partial charge is 0.325 e. The van der Waals surface area contributed by atoms with Crippen molar-refractivity contribution in [3.63, 3.8) is 0 Å². The minimum atomic E-state index is -1.47. The zero-order valence-electron chi connectivity index (χ0n) is 17.1. The van der Waals surface area contributed by atoms with Crippen molar-refractivity contribution < 1.29 is 23.6 Å². The molecule has 2 aromatic carbocycles. The van der Waals surface area contributed by atoms with E-state index in [9.17, 15) is 23.6 Å². The number of urea groups is 1.